The van der Waals surface area contributed by atoms with Crippen molar-refractivity contribution in [2.75, 3.05) is 4.81 Å². The first-order valence-electron chi connectivity index (χ1n) is 17.9. The van der Waals surface area contributed by atoms with E-state index in [1.54, 1.807) is 0 Å². The van der Waals surface area contributed by atoms with Crippen molar-refractivity contribution in [2.24, 2.45) is 0 Å². The van der Waals surface area contributed by atoms with Gasteiger partial charge in [0.25, 0.3) is 0 Å². The molecule has 3 nitrogen and oxygen atoms in total. The maximum absolute atomic E-state index is 6.50. The van der Waals surface area contributed by atoms with Crippen molar-refractivity contribution >= 4 is 73.0 Å². The Hall–Kier alpha value is -6.78. The van der Waals surface area contributed by atoms with Crippen LogP contribution >= 0.6 is 0 Å². The molecule has 4 heterocycles. The largest absolute Gasteiger partial charge is 0.455 e. The van der Waals surface area contributed by atoms with Crippen molar-refractivity contribution in [1.82, 2.24) is 0 Å². The van der Waals surface area contributed by atoms with Crippen LogP contribution < -0.4 is 15.7 Å². The molecule has 2 aromatic heterocycles. The number of fused-ring (bicyclic) bond motifs is 17. The molecule has 2 aliphatic rings. The Balaban J connectivity index is 1.08. The van der Waals surface area contributed by atoms with E-state index in [4.69, 9.17) is 8.83 Å². The first-order chi connectivity index (χ1) is 25.8. The predicted octanol–water partition coefficient (Wildman–Crippen LogP) is 11.7. The molecule has 0 fully saturated rings. The molecule has 10 aromatic rings. The molecule has 0 unspecified atom stereocenters. The van der Waals surface area contributed by atoms with E-state index < -0.39 is 0 Å². The molecule has 0 aliphatic carbocycles. The van der Waals surface area contributed by atoms with Crippen LogP contribution in [0.5, 0.6) is 0 Å². The summed E-state index contributed by atoms with van der Waals surface area (Å²) in [5.74, 6) is 0. The molecule has 0 radical (unpaired) electrons. The van der Waals surface area contributed by atoms with Crippen molar-refractivity contribution in [1.29, 1.82) is 0 Å². The third-order valence-corrected chi connectivity index (χ3v) is 11.3. The van der Waals surface area contributed by atoms with Crippen LogP contribution in [0.15, 0.2) is 179 Å². The second-order valence-electron chi connectivity index (χ2n) is 14.0. The number of hydrogen-bond acceptors (Lipinski definition) is 3. The van der Waals surface area contributed by atoms with Crippen LogP contribution in [-0.2, 0) is 0 Å². The van der Waals surface area contributed by atoms with Gasteiger partial charge in [-0.15, -0.1) is 0 Å². The summed E-state index contributed by atoms with van der Waals surface area (Å²) in [7, 11) is 0. The molecular weight excluding hydrogens is 633 g/mol. The zero-order valence-electron chi connectivity index (χ0n) is 28.0. The highest BCUT2D eigenvalue weighted by molar-refractivity contribution is 6.92. The van der Waals surface area contributed by atoms with Crippen LogP contribution in [0.2, 0.25) is 0 Å². The van der Waals surface area contributed by atoms with E-state index in [-0.39, 0.29) is 6.85 Å². The smallest absolute Gasteiger partial charge is 0.329 e. The van der Waals surface area contributed by atoms with Gasteiger partial charge < -0.3 is 13.6 Å². The Bertz CT molecular complexity index is 2910. The first kappa shape index (κ1) is 28.0. The van der Waals surface area contributed by atoms with Crippen molar-refractivity contribution in [2.45, 2.75) is 0 Å². The summed E-state index contributed by atoms with van der Waals surface area (Å²) in [6, 6.07) is 61.3. The Labute approximate surface area is 300 Å². The number of furan rings is 2. The van der Waals surface area contributed by atoms with E-state index in [0.29, 0.717) is 0 Å². The van der Waals surface area contributed by atoms with Gasteiger partial charge in [0.05, 0.1) is 0 Å². The molecule has 0 spiro atoms. The highest BCUT2D eigenvalue weighted by Gasteiger charge is 2.42. The second kappa shape index (κ2) is 10.4. The molecule has 52 heavy (non-hydrogen) atoms. The number of nitrogens with zero attached hydrogens (tertiary/aromatic N) is 1. The molecule has 0 atom stereocenters. The normalized spacial score (nSPS) is 12.9. The van der Waals surface area contributed by atoms with Gasteiger partial charge in [-0.2, -0.15) is 0 Å². The van der Waals surface area contributed by atoms with Gasteiger partial charge in [-0.05, 0) is 69.6 Å². The summed E-state index contributed by atoms with van der Waals surface area (Å²) in [5, 5.41) is 4.58. The molecule has 240 valence electrons. The summed E-state index contributed by atoms with van der Waals surface area (Å²) in [6.45, 7) is 0.00175. The van der Waals surface area contributed by atoms with E-state index in [9.17, 15) is 0 Å². The summed E-state index contributed by atoms with van der Waals surface area (Å²) >= 11 is 0. The molecule has 0 amide bonds. The molecule has 8 aromatic carbocycles. The van der Waals surface area contributed by atoms with E-state index in [0.717, 1.165) is 66.1 Å². The average Bonchev–Trinajstić information content (AvgIpc) is 3.79. The van der Waals surface area contributed by atoms with E-state index in [2.05, 4.69) is 163 Å². The third kappa shape index (κ3) is 3.76. The number of rotatable bonds is 2. The Morgan fingerprint density at radius 1 is 0.346 bits per heavy atom. The zero-order valence-corrected chi connectivity index (χ0v) is 28.0. The maximum Gasteiger partial charge on any atom is 0.329 e. The fraction of sp³-hybridized carbons (Fsp3) is 0. The van der Waals surface area contributed by atoms with Gasteiger partial charge in [0, 0.05) is 55.2 Å². The summed E-state index contributed by atoms with van der Waals surface area (Å²) in [4.78, 5) is 2.55. The molecule has 0 N–H and O–H groups in total. The number of para-hydroxylation sites is 6. The highest BCUT2D eigenvalue weighted by Crippen LogP contribution is 2.48. The van der Waals surface area contributed by atoms with Gasteiger partial charge in [0.1, 0.15) is 22.3 Å². The SMILES string of the molecule is c1ccc2c(c1)-c1cc(-c3cccc4c3oc3ccccc34)ccc1B1c3ccc(-c4cccc5c4oc4ccccc45)cc3-c3ccccc3N12. The predicted molar refractivity (Wildman–Crippen MR) is 216 cm³/mol. The molecule has 12 rings (SSSR count). The summed E-state index contributed by atoms with van der Waals surface area (Å²) in [5.41, 5.74) is 18.2. The van der Waals surface area contributed by atoms with Crippen LogP contribution in [0.4, 0.5) is 11.4 Å². The van der Waals surface area contributed by atoms with Gasteiger partial charge in [-0.25, -0.2) is 0 Å². The van der Waals surface area contributed by atoms with Crippen molar-refractivity contribution in [3.63, 3.8) is 0 Å². The fourth-order valence-corrected chi connectivity index (χ4v) is 9.02. The Kier molecular flexibility index (Phi) is 5.58. The second-order valence-corrected chi connectivity index (χ2v) is 14.0. The minimum absolute atomic E-state index is 0.00175. The number of anilines is 2. The minimum atomic E-state index is 0.00175. The fourth-order valence-electron chi connectivity index (χ4n) is 9.02. The van der Waals surface area contributed by atoms with Crippen molar-refractivity contribution in [3.8, 4) is 44.5 Å². The zero-order chi connectivity index (χ0) is 33.9. The van der Waals surface area contributed by atoms with E-state index in [1.165, 1.54) is 44.6 Å². The lowest BCUT2D eigenvalue weighted by Crippen LogP contribution is -2.59. The maximum atomic E-state index is 6.50. The molecule has 2 aliphatic heterocycles. The van der Waals surface area contributed by atoms with Crippen molar-refractivity contribution in [3.05, 3.63) is 170 Å². The molecular formula is C48H28BNO2. The standard InChI is InChI=1S/C48H28BNO2/c1-5-19-43-33(11-1)39-27-29(31-15-9-17-37-35-13-3-7-21-45(35)51-47(31)37)23-25-41(39)49-42-26-24-30(28-40(42)34-12-2-6-20-44(34)50(43)49)32-16-10-18-38-36-14-4-8-22-46(36)52-48(32)38/h1-28H. The van der Waals surface area contributed by atoms with E-state index in [1.807, 2.05) is 12.1 Å². The molecule has 0 saturated heterocycles. The summed E-state index contributed by atoms with van der Waals surface area (Å²) < 4.78 is 13.0. The minimum Gasteiger partial charge on any atom is -0.455 e. The van der Waals surface area contributed by atoms with Crippen LogP contribution in [0, 0.1) is 0 Å². The van der Waals surface area contributed by atoms with Gasteiger partial charge >= 0.3 is 6.85 Å². The van der Waals surface area contributed by atoms with Crippen LogP contribution in [-0.4, -0.2) is 6.85 Å². The molecule has 0 saturated carbocycles. The van der Waals surface area contributed by atoms with Gasteiger partial charge in [0.2, 0.25) is 0 Å². The van der Waals surface area contributed by atoms with Crippen LogP contribution in [0.25, 0.3) is 88.4 Å². The van der Waals surface area contributed by atoms with Gasteiger partial charge in [0.15, 0.2) is 0 Å². The lowest BCUT2D eigenvalue weighted by Gasteiger charge is -2.43. The lowest BCUT2D eigenvalue weighted by atomic mass is 9.43. The summed E-state index contributed by atoms with van der Waals surface area (Å²) in [6.07, 6.45) is 0. The molecule has 0 bridgehead atoms. The Morgan fingerprint density at radius 3 is 1.29 bits per heavy atom. The topological polar surface area (TPSA) is 29.5 Å². The van der Waals surface area contributed by atoms with Crippen molar-refractivity contribution < 1.29 is 8.83 Å². The lowest BCUT2D eigenvalue weighted by molar-refractivity contribution is 0.669. The average molecular weight is 662 g/mol. The molecule has 4 heteroatoms. The Morgan fingerprint density at radius 2 is 0.769 bits per heavy atom. The van der Waals surface area contributed by atoms with Gasteiger partial charge in [-0.1, -0.05) is 133 Å². The monoisotopic (exact) mass is 661 g/mol. The van der Waals surface area contributed by atoms with Crippen LogP contribution in [0.3, 0.4) is 0 Å². The third-order valence-electron chi connectivity index (χ3n) is 11.3. The van der Waals surface area contributed by atoms with Gasteiger partial charge in [-0.3, -0.25) is 0 Å². The number of hydrogen-bond donors (Lipinski definition) is 0. The first-order valence-corrected chi connectivity index (χ1v) is 17.9. The highest BCUT2D eigenvalue weighted by atomic mass is 16.3. The van der Waals surface area contributed by atoms with E-state index >= 15 is 0 Å². The van der Waals surface area contributed by atoms with Crippen LogP contribution in [0.1, 0.15) is 0 Å². The quantitative estimate of drug-likeness (QED) is 0.173. The number of benzene rings is 8.